The van der Waals surface area contributed by atoms with E-state index >= 15 is 0 Å². The third-order valence-corrected chi connectivity index (χ3v) is 2.96. The molecule has 0 radical (unpaired) electrons. The molecular formula is C11H20O4. The zero-order valence-corrected chi connectivity index (χ0v) is 9.02. The Labute approximate surface area is 90.2 Å². The molecule has 1 fully saturated rings. The lowest BCUT2D eigenvalue weighted by atomic mass is 9.85. The van der Waals surface area contributed by atoms with E-state index in [2.05, 4.69) is 0 Å². The molecule has 4 heteroatoms. The summed E-state index contributed by atoms with van der Waals surface area (Å²) >= 11 is 0. The molecule has 0 spiro atoms. The highest BCUT2D eigenvalue weighted by Crippen LogP contribution is 2.28. The van der Waals surface area contributed by atoms with E-state index in [4.69, 9.17) is 14.9 Å². The number of hydrogen-bond acceptors (Lipinski definition) is 3. The van der Waals surface area contributed by atoms with Crippen LogP contribution in [0.4, 0.5) is 0 Å². The number of carboxylic acids is 1. The molecule has 88 valence electrons. The molecule has 0 bridgehead atoms. The predicted molar refractivity (Wildman–Crippen MR) is 55.7 cm³/mol. The Bertz CT molecular complexity index is 187. The summed E-state index contributed by atoms with van der Waals surface area (Å²) in [5, 5.41) is 17.5. The number of carboxylic acid groups (broad SMARTS) is 1. The van der Waals surface area contributed by atoms with E-state index in [9.17, 15) is 4.79 Å². The van der Waals surface area contributed by atoms with Gasteiger partial charge < -0.3 is 14.9 Å². The van der Waals surface area contributed by atoms with Gasteiger partial charge in [-0.05, 0) is 12.3 Å². The minimum atomic E-state index is -0.908. The molecule has 1 rings (SSSR count). The second kappa shape index (κ2) is 6.80. The maximum atomic E-state index is 10.9. The van der Waals surface area contributed by atoms with Crippen LogP contribution in [0.5, 0.6) is 0 Å². The molecule has 0 aromatic carbocycles. The molecule has 0 amide bonds. The fourth-order valence-corrected chi connectivity index (χ4v) is 2.16. The monoisotopic (exact) mass is 216 g/mol. The average molecular weight is 216 g/mol. The maximum absolute atomic E-state index is 10.9. The summed E-state index contributed by atoms with van der Waals surface area (Å²) in [6.45, 7) is -0.00185. The van der Waals surface area contributed by atoms with Gasteiger partial charge in [0, 0.05) is 0 Å². The number of ether oxygens (including phenoxy) is 1. The normalized spacial score (nSPS) is 20.1. The Morgan fingerprint density at radius 1 is 1.33 bits per heavy atom. The molecule has 0 saturated heterocycles. The SMILES string of the molecule is O=C(O)C(CC1CCCCC1)OCCO. The van der Waals surface area contributed by atoms with Gasteiger partial charge in [0.1, 0.15) is 0 Å². The van der Waals surface area contributed by atoms with Gasteiger partial charge >= 0.3 is 5.97 Å². The van der Waals surface area contributed by atoms with Crippen LogP contribution in [-0.4, -0.2) is 35.5 Å². The van der Waals surface area contributed by atoms with Gasteiger partial charge in [-0.15, -0.1) is 0 Å². The van der Waals surface area contributed by atoms with E-state index in [1.807, 2.05) is 0 Å². The van der Waals surface area contributed by atoms with Crippen LogP contribution in [0.2, 0.25) is 0 Å². The highest BCUT2D eigenvalue weighted by Gasteiger charge is 2.24. The Balaban J connectivity index is 2.31. The summed E-state index contributed by atoms with van der Waals surface area (Å²) < 4.78 is 5.11. The van der Waals surface area contributed by atoms with Crippen molar-refractivity contribution in [1.82, 2.24) is 0 Å². The van der Waals surface area contributed by atoms with Gasteiger partial charge in [0.05, 0.1) is 13.2 Å². The van der Waals surface area contributed by atoms with Crippen LogP contribution < -0.4 is 0 Å². The Hall–Kier alpha value is -0.610. The number of aliphatic carboxylic acids is 1. The quantitative estimate of drug-likeness (QED) is 0.704. The second-order valence-corrected chi connectivity index (χ2v) is 4.16. The molecule has 1 unspecified atom stereocenters. The van der Waals surface area contributed by atoms with E-state index in [1.165, 1.54) is 19.3 Å². The molecule has 4 nitrogen and oxygen atoms in total. The third-order valence-electron chi connectivity index (χ3n) is 2.96. The summed E-state index contributed by atoms with van der Waals surface area (Å²) in [6, 6.07) is 0. The zero-order chi connectivity index (χ0) is 11.1. The fourth-order valence-electron chi connectivity index (χ4n) is 2.16. The van der Waals surface area contributed by atoms with Crippen molar-refractivity contribution in [2.75, 3.05) is 13.2 Å². The van der Waals surface area contributed by atoms with Crippen LogP contribution in [0.3, 0.4) is 0 Å². The molecule has 1 aliphatic carbocycles. The van der Waals surface area contributed by atoms with Crippen molar-refractivity contribution in [3.8, 4) is 0 Å². The molecular weight excluding hydrogens is 196 g/mol. The summed E-state index contributed by atoms with van der Waals surface area (Å²) in [7, 11) is 0. The van der Waals surface area contributed by atoms with Crippen molar-refractivity contribution >= 4 is 5.97 Å². The number of rotatable bonds is 6. The van der Waals surface area contributed by atoms with E-state index in [-0.39, 0.29) is 13.2 Å². The Morgan fingerprint density at radius 3 is 2.53 bits per heavy atom. The molecule has 2 N–H and O–H groups in total. The second-order valence-electron chi connectivity index (χ2n) is 4.16. The predicted octanol–water partition coefficient (Wildman–Crippen LogP) is 1.42. The summed E-state index contributed by atoms with van der Waals surface area (Å²) in [5.74, 6) is -0.424. The van der Waals surface area contributed by atoms with E-state index in [0.29, 0.717) is 12.3 Å². The van der Waals surface area contributed by atoms with Crippen LogP contribution >= 0.6 is 0 Å². The molecule has 0 aliphatic heterocycles. The topological polar surface area (TPSA) is 66.8 Å². The van der Waals surface area contributed by atoms with Gasteiger partial charge in [-0.3, -0.25) is 0 Å². The molecule has 15 heavy (non-hydrogen) atoms. The number of hydrogen-bond donors (Lipinski definition) is 2. The maximum Gasteiger partial charge on any atom is 0.332 e. The summed E-state index contributed by atoms with van der Waals surface area (Å²) in [5.41, 5.74) is 0. The van der Waals surface area contributed by atoms with Gasteiger partial charge in [-0.2, -0.15) is 0 Å². The van der Waals surface area contributed by atoms with Gasteiger partial charge in [-0.25, -0.2) is 4.79 Å². The first-order valence-corrected chi connectivity index (χ1v) is 5.69. The van der Waals surface area contributed by atoms with Crippen molar-refractivity contribution in [2.24, 2.45) is 5.92 Å². The van der Waals surface area contributed by atoms with Gasteiger partial charge in [0.15, 0.2) is 6.10 Å². The minimum absolute atomic E-state index is 0.115. The lowest BCUT2D eigenvalue weighted by molar-refractivity contribution is -0.152. The van der Waals surface area contributed by atoms with Crippen LogP contribution in [0, 0.1) is 5.92 Å². The Morgan fingerprint density at radius 2 is 2.00 bits per heavy atom. The van der Waals surface area contributed by atoms with Gasteiger partial charge in [0.25, 0.3) is 0 Å². The van der Waals surface area contributed by atoms with Gasteiger partial charge in [-0.1, -0.05) is 32.1 Å². The summed E-state index contributed by atoms with van der Waals surface area (Å²) in [4.78, 5) is 10.9. The molecule has 1 saturated carbocycles. The minimum Gasteiger partial charge on any atom is -0.479 e. The first-order chi connectivity index (χ1) is 7.24. The third kappa shape index (κ3) is 4.62. The van der Waals surface area contributed by atoms with Crippen molar-refractivity contribution in [3.63, 3.8) is 0 Å². The first kappa shape index (κ1) is 12.5. The van der Waals surface area contributed by atoms with E-state index in [1.54, 1.807) is 0 Å². The summed E-state index contributed by atoms with van der Waals surface area (Å²) in [6.07, 6.45) is 5.77. The standard InChI is InChI=1S/C11H20O4/c12-6-7-15-10(11(13)14)8-9-4-2-1-3-5-9/h9-10,12H,1-8H2,(H,13,14). The van der Waals surface area contributed by atoms with Crippen LogP contribution in [0.25, 0.3) is 0 Å². The average Bonchev–Trinajstić information content (AvgIpc) is 2.25. The lowest BCUT2D eigenvalue weighted by Crippen LogP contribution is -2.28. The van der Waals surface area contributed by atoms with Gasteiger partial charge in [0.2, 0.25) is 0 Å². The van der Waals surface area contributed by atoms with Crippen molar-refractivity contribution in [3.05, 3.63) is 0 Å². The largest absolute Gasteiger partial charge is 0.479 e. The molecule has 1 atom stereocenters. The molecule has 0 heterocycles. The highest BCUT2D eigenvalue weighted by molar-refractivity contribution is 5.72. The molecule has 0 aromatic rings. The fraction of sp³-hybridized carbons (Fsp3) is 0.909. The van der Waals surface area contributed by atoms with Crippen molar-refractivity contribution in [2.45, 2.75) is 44.6 Å². The zero-order valence-electron chi connectivity index (χ0n) is 9.02. The van der Waals surface area contributed by atoms with Crippen molar-refractivity contribution in [1.29, 1.82) is 0 Å². The highest BCUT2D eigenvalue weighted by atomic mass is 16.5. The number of aliphatic hydroxyl groups excluding tert-OH is 1. The smallest absolute Gasteiger partial charge is 0.332 e. The molecule has 1 aliphatic rings. The lowest BCUT2D eigenvalue weighted by Gasteiger charge is -2.24. The Kier molecular flexibility index (Phi) is 5.65. The number of carbonyl (C=O) groups is 1. The van der Waals surface area contributed by atoms with Crippen LogP contribution in [-0.2, 0) is 9.53 Å². The first-order valence-electron chi connectivity index (χ1n) is 5.69. The van der Waals surface area contributed by atoms with E-state index in [0.717, 1.165) is 12.8 Å². The van der Waals surface area contributed by atoms with Crippen LogP contribution in [0.1, 0.15) is 38.5 Å². The van der Waals surface area contributed by atoms with Crippen molar-refractivity contribution < 1.29 is 19.7 Å². The molecule has 0 aromatic heterocycles. The van der Waals surface area contributed by atoms with E-state index < -0.39 is 12.1 Å². The number of aliphatic hydroxyl groups is 1. The van der Waals surface area contributed by atoms with Crippen LogP contribution in [0.15, 0.2) is 0 Å².